The third-order valence-corrected chi connectivity index (χ3v) is 31.7. The predicted molar refractivity (Wildman–Crippen MR) is 506 cm³/mol. The summed E-state index contributed by atoms with van der Waals surface area (Å²) in [4.78, 5) is 36.1. The number of aromatic nitrogens is 2. The molecule has 0 bridgehead atoms. The van der Waals surface area contributed by atoms with Crippen LogP contribution in [0.5, 0.6) is 0 Å². The Balaban J connectivity index is 1.21. The second-order valence-corrected chi connectivity index (χ2v) is 39.4. The predicted octanol–water partition coefficient (Wildman–Crippen LogP) is 33.0. The Morgan fingerprint density at radius 1 is 0.453 bits per heavy atom. The van der Waals surface area contributed by atoms with Crippen molar-refractivity contribution in [2.75, 3.05) is 0 Å². The number of rotatable bonds is 50. The van der Waals surface area contributed by atoms with Gasteiger partial charge in [-0.05, 0) is 29.8 Å². The van der Waals surface area contributed by atoms with Crippen LogP contribution < -0.4 is 0 Å². The molecule has 6 aromatic heterocycles. The first-order valence-electron chi connectivity index (χ1n) is 44.7. The molecule has 2 unspecified atom stereocenters. The van der Waals surface area contributed by atoms with Crippen LogP contribution in [0.2, 0.25) is 20.1 Å². The average Bonchev–Trinajstić information content (AvgIpc) is 1.51. The Bertz CT molecular complexity index is 5200. The van der Waals surface area contributed by atoms with Gasteiger partial charge in [-0.3, -0.25) is 4.79 Å². The molecule has 2 aromatic carbocycles. The average molecular weight is 1790 g/mol. The summed E-state index contributed by atoms with van der Waals surface area (Å²) in [6, 6.07) is 12.9. The van der Waals surface area contributed by atoms with Gasteiger partial charge in [-0.15, -0.1) is 0 Å². The van der Waals surface area contributed by atoms with Crippen molar-refractivity contribution < 1.29 is 9.59 Å². The van der Waals surface area contributed by atoms with E-state index in [0.717, 1.165) is 211 Å². The normalized spacial score (nSPS) is 15.2. The number of unbranched alkanes of at least 4 members (excludes halogenated alkanes) is 32. The number of allylic oxidation sites excluding steroid dienone is 6. The molecule has 6 heterocycles. The Hall–Kier alpha value is -5.88. The Labute approximate surface area is 742 Å². The van der Waals surface area contributed by atoms with Gasteiger partial charge < -0.3 is 0 Å². The van der Waals surface area contributed by atoms with E-state index in [0.29, 0.717) is 51.1 Å². The minimum absolute atomic E-state index is 0.156. The number of hydrogen-bond acceptors (Lipinski definition) is 11. The Morgan fingerprint density at radius 2 is 0.778 bits per heavy atom. The van der Waals surface area contributed by atoms with Crippen molar-refractivity contribution in [3.05, 3.63) is 132 Å². The van der Waals surface area contributed by atoms with Crippen LogP contribution >= 0.6 is 91.8 Å². The molecule has 2 atom stereocenters. The van der Waals surface area contributed by atoms with Gasteiger partial charge in [0.25, 0.3) is 5.70 Å². The number of aryl methyl sites for hydroxylation is 2. The van der Waals surface area contributed by atoms with Crippen LogP contribution in [-0.4, -0.2) is 48.4 Å². The molecule has 3 aliphatic rings. The van der Waals surface area contributed by atoms with Gasteiger partial charge in [-0.25, -0.2) is 10.1 Å². The van der Waals surface area contributed by atoms with Gasteiger partial charge >= 0.3 is 440 Å². The van der Waals surface area contributed by atoms with E-state index >= 15 is 9.59 Å². The Kier molecular flexibility index (Phi) is 36.0. The molecular weight excluding hydrogens is 1670 g/mol. The molecule has 1 radical (unpaired) electrons. The Morgan fingerprint density at radius 3 is 1.14 bits per heavy atom. The van der Waals surface area contributed by atoms with E-state index in [2.05, 4.69) is 90.0 Å². The number of fused-ring (bicyclic) bond motifs is 13. The van der Waals surface area contributed by atoms with Crippen LogP contribution in [0.15, 0.2) is 50.7 Å². The number of halogens is 4. The second-order valence-electron chi connectivity index (χ2n) is 33.3. The molecule has 8 aromatic rings. The van der Waals surface area contributed by atoms with Crippen LogP contribution in [0.1, 0.15) is 375 Å². The van der Waals surface area contributed by atoms with E-state index in [-0.39, 0.29) is 59.6 Å². The van der Waals surface area contributed by atoms with Crippen molar-refractivity contribution in [3.8, 4) is 29.6 Å². The number of hydrogen-bond donors (Lipinski definition) is 1. The number of thiophene rings is 4. The number of ketones is 2. The van der Waals surface area contributed by atoms with Crippen LogP contribution in [0.3, 0.4) is 0 Å². The summed E-state index contributed by atoms with van der Waals surface area (Å²) in [6.45, 7) is 23.6. The third-order valence-electron chi connectivity index (χ3n) is 24.8. The molecule has 10 nitrogen and oxygen atoms in total. The molecule has 0 fully saturated rings. The summed E-state index contributed by atoms with van der Waals surface area (Å²) in [5.74, 6) is 0.0524. The maximum absolute atomic E-state index is 15.2. The molecule has 0 spiro atoms. The second kappa shape index (κ2) is 45.8. The smallest absolute Gasteiger partial charge is 0.289 e. The van der Waals surface area contributed by atoms with Crippen molar-refractivity contribution in [2.24, 2.45) is 15.8 Å². The van der Waals surface area contributed by atoms with E-state index in [1.165, 1.54) is 167 Å². The first-order valence-corrected chi connectivity index (χ1v) is 50.3. The molecule has 117 heavy (non-hydrogen) atoms. The maximum atomic E-state index is 15.2. The monoisotopic (exact) mass is 1790 g/mol. The van der Waals surface area contributed by atoms with E-state index in [1.807, 2.05) is 23.5 Å². The van der Waals surface area contributed by atoms with Gasteiger partial charge in [0.05, 0.1) is 32.7 Å². The number of carbonyl (C=O) groups excluding carboxylic acids is 2. The van der Waals surface area contributed by atoms with Crippen molar-refractivity contribution in [3.63, 3.8) is 0 Å². The minimum Gasteiger partial charge on any atom is -0.289 e. The number of nitrogens with zero attached hydrogens (tertiary/aromatic N) is 7. The van der Waals surface area contributed by atoms with Crippen molar-refractivity contribution >= 4 is 194 Å². The first-order chi connectivity index (χ1) is 57.1. The molecule has 11 rings (SSSR count). The molecule has 1 N–H and O–H groups in total. The van der Waals surface area contributed by atoms with E-state index in [9.17, 15) is 21.2 Å². The zero-order chi connectivity index (χ0) is 83.1. The SMILES string of the molecule is [C-]#[N+]/C(C#N)=C1\C(=C\c2sc3c(sc4c5c(n(CC(CCCCCC)CCCCCCCC)c43)-c3c(c4sc6c(CCCCCCCCCCC)c(/C=C7\C(=O)c8cc(Cl)c(Cl)cc8C7=C(C#N)C#N)sc6c4n3CC(CCCCCC)CCCCCCCC)/C(=N/[Se])C5=N)c2CCCCCCCCCCC)C(=O)c2cc(Cl)c(Cl)cc21. The van der Waals surface area contributed by atoms with Gasteiger partial charge in [0.1, 0.15) is 12.1 Å². The van der Waals surface area contributed by atoms with Gasteiger partial charge in [0.15, 0.2) is 0 Å². The summed E-state index contributed by atoms with van der Waals surface area (Å²) in [5.41, 5.74) is 12.0. The molecule has 0 saturated heterocycles. The van der Waals surface area contributed by atoms with Gasteiger partial charge in [-0.2, -0.15) is 10.5 Å². The summed E-state index contributed by atoms with van der Waals surface area (Å²) in [5, 5.41) is 44.2. The van der Waals surface area contributed by atoms with Crippen LogP contribution in [0.4, 0.5) is 0 Å². The van der Waals surface area contributed by atoms with Crippen LogP contribution in [-0.2, 0) is 25.9 Å². The zero-order valence-corrected chi connectivity index (χ0v) is 78.1. The van der Waals surface area contributed by atoms with E-state index in [4.69, 9.17) is 57.0 Å². The number of nitrogens with one attached hydrogen (secondary N) is 1. The van der Waals surface area contributed by atoms with Crippen molar-refractivity contribution in [2.45, 2.75) is 337 Å². The molecule has 19 heteroatoms. The molecule has 0 amide bonds. The summed E-state index contributed by atoms with van der Waals surface area (Å²) in [7, 11) is 0. The molecule has 0 saturated carbocycles. The number of benzene rings is 2. The third kappa shape index (κ3) is 21.3. The summed E-state index contributed by atoms with van der Waals surface area (Å²) < 4.78 is 17.4. The van der Waals surface area contributed by atoms with Gasteiger partial charge in [-0.1, -0.05) is 197 Å². The van der Waals surface area contributed by atoms with Crippen molar-refractivity contribution in [1.82, 2.24) is 9.13 Å². The van der Waals surface area contributed by atoms with Crippen LogP contribution in [0.25, 0.3) is 78.8 Å². The van der Waals surface area contributed by atoms with Gasteiger partial charge in [0, 0.05) is 5.56 Å². The summed E-state index contributed by atoms with van der Waals surface area (Å²) in [6.07, 6.45) is 54.6. The molecular formula is C98H119Cl4N8O2S4Se. The first kappa shape index (κ1) is 91.9. The number of Topliss-reactive ketones (excluding diaryl/α,β-unsaturated/α-hetero) is 2. The van der Waals surface area contributed by atoms with E-state index < -0.39 is 0 Å². The number of carbonyl (C=O) groups is 2. The number of nitriles is 3. The molecule has 621 valence electrons. The van der Waals surface area contributed by atoms with Crippen LogP contribution in [0, 0.1) is 57.8 Å². The van der Waals surface area contributed by atoms with E-state index in [1.54, 1.807) is 58.3 Å². The van der Waals surface area contributed by atoms with Crippen molar-refractivity contribution in [1.29, 1.82) is 21.2 Å². The fourth-order valence-electron chi connectivity index (χ4n) is 18.4. The fourth-order valence-corrected chi connectivity index (χ4v) is 25.4. The fraction of sp³-hybridized carbons (Fsp3) is 0.551. The quantitative estimate of drug-likeness (QED) is 0.0132. The molecule has 0 aliphatic heterocycles. The summed E-state index contributed by atoms with van der Waals surface area (Å²) >= 11 is 37.2. The zero-order valence-electron chi connectivity index (χ0n) is 70.1. The minimum atomic E-state index is -0.300. The topological polar surface area (TPSA) is 156 Å². The standard InChI is InChI=1S/C98H119Cl4N8O2S4Se/c1-8-14-20-26-30-32-34-38-44-50-66-79(56-72-81(65(58-103)59-104)68-52-74(99)76(101)54-70(68)91(72)111)113-98-90-96(116-94(66)98)84-86(108-117)85(106)83-87(88(84)110(90)62-64(47-41-25-19-13-6)49-43-37-29-23-17-11-4)109(61-63(46-40-24-18-12-5)48-42-36-28-22-16-10-3)89-95(83)115-93-67(51-45-39-35-33-31-27-21-15-9-2)80(114-97(89)93)57-73-82(78(60-105)107-7)69-53-75(100)77(102)55-71(69)92(73)112/h52-57,63-64,106H,8-51,61-62H2,1-6H3/b72-56-,73-57-,82-78-,106-85?,108-86-. The molecule has 3 aliphatic carbocycles. The van der Waals surface area contributed by atoms with Gasteiger partial charge in [0.2, 0.25) is 0 Å².